The van der Waals surface area contributed by atoms with E-state index >= 15 is 0 Å². The minimum Gasteiger partial charge on any atom is -0.493 e. The molecule has 37 heavy (non-hydrogen) atoms. The number of carbonyl (C=O) groups is 1. The van der Waals surface area contributed by atoms with Crippen molar-refractivity contribution in [2.24, 2.45) is 5.10 Å². The van der Waals surface area contributed by atoms with Crippen LogP contribution in [-0.2, 0) is 22.7 Å². The highest BCUT2D eigenvalue weighted by molar-refractivity contribution is 9.10. The first-order valence-electron chi connectivity index (χ1n) is 10.9. The Labute approximate surface area is 231 Å². The van der Waals surface area contributed by atoms with Crippen LogP contribution >= 0.6 is 31.9 Å². The Bertz CT molecular complexity index is 1330. The van der Waals surface area contributed by atoms with Gasteiger partial charge in [0.25, 0.3) is 5.91 Å². The van der Waals surface area contributed by atoms with Crippen LogP contribution in [0, 0.1) is 18.3 Å². The van der Waals surface area contributed by atoms with Gasteiger partial charge in [0.05, 0.1) is 30.1 Å². The molecule has 3 aromatic rings. The summed E-state index contributed by atoms with van der Waals surface area (Å²) < 4.78 is 23.4. The first kappa shape index (κ1) is 28.1. The fraction of sp³-hybridized carbons (Fsp3) is 0.231. The van der Waals surface area contributed by atoms with Gasteiger partial charge in [-0.15, -0.1) is 0 Å². The third-order valence-corrected chi connectivity index (χ3v) is 6.63. The van der Waals surface area contributed by atoms with Crippen molar-refractivity contribution in [2.45, 2.75) is 20.1 Å². The van der Waals surface area contributed by atoms with Gasteiger partial charge in [0, 0.05) is 17.1 Å². The second kappa shape index (κ2) is 13.7. The molecule has 0 spiro atoms. The van der Waals surface area contributed by atoms with Crippen LogP contribution in [0.5, 0.6) is 17.4 Å². The smallest absolute Gasteiger partial charge is 0.278 e. The van der Waals surface area contributed by atoms with Crippen LogP contribution in [0.1, 0.15) is 27.9 Å². The van der Waals surface area contributed by atoms with E-state index in [0.717, 1.165) is 5.56 Å². The minimum atomic E-state index is -0.523. The van der Waals surface area contributed by atoms with Crippen LogP contribution in [0.2, 0.25) is 0 Å². The fourth-order valence-electron chi connectivity index (χ4n) is 3.24. The highest BCUT2D eigenvalue weighted by atomic mass is 79.9. The molecule has 1 heterocycles. The van der Waals surface area contributed by atoms with E-state index in [1.54, 1.807) is 26.2 Å². The standard InChI is InChI=1S/C26H24Br2N4O5/c1-16-24(28)20(14-34-2)19(11-29)26(31-16)37-15-23(33)32-30-12-18-9-21(27)25(22(10-18)35-3)36-13-17-7-5-4-6-8-17/h4-10,12H,13-15H2,1-3H3,(H,32,33). The van der Waals surface area contributed by atoms with E-state index in [9.17, 15) is 10.1 Å². The Morgan fingerprint density at radius 3 is 2.59 bits per heavy atom. The van der Waals surface area contributed by atoms with Crippen molar-refractivity contribution in [1.82, 2.24) is 10.4 Å². The Morgan fingerprint density at radius 2 is 1.92 bits per heavy atom. The first-order valence-corrected chi connectivity index (χ1v) is 12.5. The number of nitrogens with zero attached hydrogens (tertiary/aromatic N) is 3. The number of benzene rings is 2. The van der Waals surface area contributed by atoms with Gasteiger partial charge in [0.15, 0.2) is 18.1 Å². The number of amides is 1. The molecule has 0 fully saturated rings. The molecule has 0 aliphatic carbocycles. The second-order valence-electron chi connectivity index (χ2n) is 7.60. The molecule has 192 valence electrons. The summed E-state index contributed by atoms with van der Waals surface area (Å²) in [4.78, 5) is 16.5. The molecule has 11 heteroatoms. The maximum absolute atomic E-state index is 12.3. The molecule has 0 aliphatic heterocycles. The van der Waals surface area contributed by atoms with Gasteiger partial charge in [-0.3, -0.25) is 4.79 Å². The summed E-state index contributed by atoms with van der Waals surface area (Å²) in [5.41, 5.74) is 5.49. The Balaban J connectivity index is 1.63. The molecule has 0 saturated heterocycles. The second-order valence-corrected chi connectivity index (χ2v) is 9.25. The van der Waals surface area contributed by atoms with Crippen molar-refractivity contribution in [3.63, 3.8) is 0 Å². The summed E-state index contributed by atoms with van der Waals surface area (Å²) in [6.07, 6.45) is 1.46. The number of hydrazone groups is 1. The van der Waals surface area contributed by atoms with Gasteiger partial charge in [-0.2, -0.15) is 10.4 Å². The van der Waals surface area contributed by atoms with Crippen molar-refractivity contribution in [3.05, 3.63) is 79.4 Å². The number of aryl methyl sites for hydroxylation is 1. The number of ether oxygens (including phenoxy) is 4. The highest BCUT2D eigenvalue weighted by Gasteiger charge is 2.18. The number of hydrogen-bond acceptors (Lipinski definition) is 8. The Morgan fingerprint density at radius 1 is 1.16 bits per heavy atom. The monoisotopic (exact) mass is 630 g/mol. The number of aromatic nitrogens is 1. The van der Waals surface area contributed by atoms with E-state index in [4.69, 9.17) is 18.9 Å². The van der Waals surface area contributed by atoms with Crippen molar-refractivity contribution in [2.75, 3.05) is 20.8 Å². The van der Waals surface area contributed by atoms with E-state index in [2.05, 4.69) is 53.4 Å². The van der Waals surface area contributed by atoms with Crippen LogP contribution in [0.3, 0.4) is 0 Å². The lowest BCUT2D eigenvalue weighted by Gasteiger charge is -2.13. The van der Waals surface area contributed by atoms with Crippen LogP contribution < -0.4 is 19.6 Å². The predicted octanol–water partition coefficient (Wildman–Crippen LogP) is 5.05. The molecule has 3 rings (SSSR count). The van der Waals surface area contributed by atoms with Crippen LogP contribution in [0.4, 0.5) is 0 Å². The zero-order valence-corrected chi connectivity index (χ0v) is 23.6. The summed E-state index contributed by atoms with van der Waals surface area (Å²) in [6.45, 7) is 1.94. The molecule has 1 amide bonds. The van der Waals surface area contributed by atoms with Crippen molar-refractivity contribution >= 4 is 44.0 Å². The molecule has 2 aromatic carbocycles. The van der Waals surface area contributed by atoms with Gasteiger partial charge in [0.2, 0.25) is 5.88 Å². The Hall–Kier alpha value is -3.46. The summed E-state index contributed by atoms with van der Waals surface area (Å²) in [7, 11) is 3.07. The topological polar surface area (TPSA) is 115 Å². The molecule has 1 aromatic heterocycles. The van der Waals surface area contributed by atoms with Gasteiger partial charge in [-0.25, -0.2) is 10.4 Å². The minimum absolute atomic E-state index is 0.0501. The van der Waals surface area contributed by atoms with Crippen molar-refractivity contribution in [1.29, 1.82) is 5.26 Å². The average molecular weight is 632 g/mol. The van der Waals surface area contributed by atoms with Gasteiger partial charge in [0.1, 0.15) is 18.2 Å². The SMILES string of the molecule is COCc1c(Br)c(C)nc(OCC(=O)NN=Cc2cc(Br)c(OCc3ccccc3)c(OC)c2)c1C#N. The van der Waals surface area contributed by atoms with Crippen molar-refractivity contribution in [3.8, 4) is 23.4 Å². The molecule has 0 saturated carbocycles. The largest absolute Gasteiger partial charge is 0.493 e. The number of carbonyl (C=O) groups excluding carboxylic acids is 1. The van der Waals surface area contributed by atoms with Crippen LogP contribution in [-0.4, -0.2) is 37.9 Å². The average Bonchev–Trinajstić information content (AvgIpc) is 2.90. The number of nitriles is 1. The number of rotatable bonds is 11. The van der Waals surface area contributed by atoms with Gasteiger partial charge in [-0.05, 0) is 62.0 Å². The van der Waals surface area contributed by atoms with Gasteiger partial charge in [-0.1, -0.05) is 30.3 Å². The fourth-order valence-corrected chi connectivity index (χ4v) is 4.22. The quantitative estimate of drug-likeness (QED) is 0.233. The van der Waals surface area contributed by atoms with Crippen LogP contribution in [0.25, 0.3) is 0 Å². The number of methoxy groups -OCH3 is 2. The van der Waals surface area contributed by atoms with Crippen LogP contribution in [0.15, 0.2) is 56.5 Å². The maximum atomic E-state index is 12.3. The number of nitrogens with one attached hydrogen (secondary N) is 1. The zero-order valence-electron chi connectivity index (χ0n) is 20.4. The third-order valence-electron chi connectivity index (χ3n) is 4.99. The first-order chi connectivity index (χ1) is 17.9. The highest BCUT2D eigenvalue weighted by Crippen LogP contribution is 2.37. The number of halogens is 2. The lowest BCUT2D eigenvalue weighted by Crippen LogP contribution is -2.25. The molecule has 0 unspecified atom stereocenters. The lowest BCUT2D eigenvalue weighted by molar-refractivity contribution is -0.123. The maximum Gasteiger partial charge on any atom is 0.278 e. The third kappa shape index (κ3) is 7.52. The van der Waals surface area contributed by atoms with Crippen molar-refractivity contribution < 1.29 is 23.7 Å². The summed E-state index contributed by atoms with van der Waals surface area (Å²) >= 11 is 6.92. The molecule has 0 aliphatic rings. The van der Waals surface area contributed by atoms with E-state index in [0.29, 0.717) is 43.9 Å². The van der Waals surface area contributed by atoms with Gasteiger partial charge >= 0.3 is 0 Å². The summed E-state index contributed by atoms with van der Waals surface area (Å²) in [5, 5.41) is 13.5. The van der Waals surface area contributed by atoms with Gasteiger partial charge < -0.3 is 18.9 Å². The molecular formula is C26H24Br2N4O5. The zero-order chi connectivity index (χ0) is 26.8. The predicted molar refractivity (Wildman–Crippen MR) is 145 cm³/mol. The van der Waals surface area contributed by atoms with E-state index in [-0.39, 0.29) is 24.7 Å². The lowest BCUT2D eigenvalue weighted by atomic mass is 10.1. The van der Waals surface area contributed by atoms with E-state index in [1.807, 2.05) is 30.3 Å². The summed E-state index contributed by atoms with van der Waals surface area (Å²) in [6, 6.07) is 15.4. The molecule has 1 N–H and O–H groups in total. The molecular weight excluding hydrogens is 608 g/mol. The number of pyridine rings is 1. The molecule has 0 radical (unpaired) electrons. The van der Waals surface area contributed by atoms with E-state index in [1.165, 1.54) is 13.3 Å². The number of hydrogen-bond donors (Lipinski definition) is 1. The molecule has 0 atom stereocenters. The molecule has 9 nitrogen and oxygen atoms in total. The summed E-state index contributed by atoms with van der Waals surface area (Å²) in [5.74, 6) is 0.590. The Kier molecular flexibility index (Phi) is 10.4. The molecule has 0 bridgehead atoms. The normalized spacial score (nSPS) is 10.7. The van der Waals surface area contributed by atoms with E-state index < -0.39 is 5.91 Å².